The van der Waals surface area contributed by atoms with Crippen LogP contribution in [0.5, 0.6) is 0 Å². The quantitative estimate of drug-likeness (QED) is 0.692. The van der Waals surface area contributed by atoms with E-state index in [0.717, 1.165) is 59.0 Å². The van der Waals surface area contributed by atoms with E-state index in [2.05, 4.69) is 28.7 Å². The normalized spacial score (nSPS) is 19.8. The molecule has 3 aromatic heterocycles. The molecule has 0 saturated carbocycles. The Kier molecular flexibility index (Phi) is 3.79. The Balaban J connectivity index is 1.83. The summed E-state index contributed by atoms with van der Waals surface area (Å²) < 4.78 is 0.701. The molecule has 1 aliphatic carbocycles. The summed E-state index contributed by atoms with van der Waals surface area (Å²) in [4.78, 5) is 28.0. The van der Waals surface area contributed by atoms with Gasteiger partial charge in [-0.05, 0) is 35.8 Å². The summed E-state index contributed by atoms with van der Waals surface area (Å²) >= 11 is 3.51. The summed E-state index contributed by atoms with van der Waals surface area (Å²) in [5.74, 6) is 3.48. The maximum absolute atomic E-state index is 12.3. The van der Waals surface area contributed by atoms with Crippen molar-refractivity contribution in [3.63, 3.8) is 0 Å². The first-order valence-electron chi connectivity index (χ1n) is 9.18. The second-order valence-corrected chi connectivity index (χ2v) is 10.2. The molecule has 136 valence electrons. The molecule has 0 amide bonds. The van der Waals surface area contributed by atoms with Crippen LogP contribution in [0.15, 0.2) is 11.1 Å². The van der Waals surface area contributed by atoms with Gasteiger partial charge in [0, 0.05) is 30.0 Å². The zero-order valence-electron chi connectivity index (χ0n) is 15.1. The number of hydrogen-bond donors (Lipinski definition) is 1. The highest BCUT2D eigenvalue weighted by molar-refractivity contribution is 7.99. The number of nitrogens with one attached hydrogen (secondary N) is 1. The minimum atomic E-state index is -0.0576. The lowest BCUT2D eigenvalue weighted by atomic mass is 9.73. The topological polar surface area (TPSA) is 61.9 Å². The standard InChI is InChI=1S/C19H22N4OS2/c1-19(2)4-3-11-12(9-19)13-14-15(17(24)21-10-20-14)26-18(13)22-16(11)23-5-7-25-8-6-23/h10H,3-9H2,1-2H3,(H,20,21,24). The third kappa shape index (κ3) is 2.55. The van der Waals surface area contributed by atoms with Crippen LogP contribution in [0.2, 0.25) is 0 Å². The van der Waals surface area contributed by atoms with Gasteiger partial charge in [0.15, 0.2) is 0 Å². The monoisotopic (exact) mass is 386 g/mol. The summed E-state index contributed by atoms with van der Waals surface area (Å²) in [7, 11) is 0. The van der Waals surface area contributed by atoms with Gasteiger partial charge in [0.25, 0.3) is 5.56 Å². The number of H-pyrrole nitrogens is 1. The first-order valence-corrected chi connectivity index (χ1v) is 11.1. The molecule has 1 aliphatic heterocycles. The molecular weight excluding hydrogens is 364 g/mol. The fraction of sp³-hybridized carbons (Fsp3) is 0.526. The Bertz CT molecular complexity index is 1060. The number of aromatic amines is 1. The third-order valence-electron chi connectivity index (χ3n) is 5.62. The molecule has 2 aliphatic rings. The van der Waals surface area contributed by atoms with Crippen LogP contribution in [0.1, 0.15) is 31.4 Å². The van der Waals surface area contributed by atoms with Crippen molar-refractivity contribution in [3.05, 3.63) is 27.8 Å². The molecule has 0 bridgehead atoms. The van der Waals surface area contributed by atoms with Gasteiger partial charge in [-0.1, -0.05) is 13.8 Å². The van der Waals surface area contributed by atoms with E-state index in [9.17, 15) is 4.79 Å². The lowest BCUT2D eigenvalue weighted by Crippen LogP contribution is -2.35. The van der Waals surface area contributed by atoms with Gasteiger partial charge in [-0.3, -0.25) is 4.79 Å². The molecule has 0 spiro atoms. The van der Waals surface area contributed by atoms with Crippen molar-refractivity contribution in [2.24, 2.45) is 5.41 Å². The number of nitrogens with zero attached hydrogens (tertiary/aromatic N) is 3. The van der Waals surface area contributed by atoms with Crippen molar-refractivity contribution >= 4 is 49.3 Å². The van der Waals surface area contributed by atoms with E-state index in [0.29, 0.717) is 4.70 Å². The van der Waals surface area contributed by atoms with E-state index in [4.69, 9.17) is 4.98 Å². The van der Waals surface area contributed by atoms with E-state index < -0.39 is 0 Å². The second kappa shape index (κ2) is 5.96. The van der Waals surface area contributed by atoms with E-state index in [-0.39, 0.29) is 11.0 Å². The van der Waals surface area contributed by atoms with Crippen LogP contribution in [0.3, 0.4) is 0 Å². The molecular formula is C19H22N4OS2. The van der Waals surface area contributed by atoms with Crippen LogP contribution in [0.4, 0.5) is 5.82 Å². The number of thioether (sulfide) groups is 1. The smallest absolute Gasteiger partial charge is 0.268 e. The molecule has 3 aromatic rings. The van der Waals surface area contributed by atoms with Crippen molar-refractivity contribution in [3.8, 4) is 0 Å². The van der Waals surface area contributed by atoms with Crippen molar-refractivity contribution in [2.45, 2.75) is 33.1 Å². The zero-order valence-corrected chi connectivity index (χ0v) is 16.7. The first kappa shape index (κ1) is 16.6. The highest BCUT2D eigenvalue weighted by atomic mass is 32.2. The lowest BCUT2D eigenvalue weighted by molar-refractivity contribution is 0.316. The number of fused-ring (bicyclic) bond motifs is 5. The molecule has 1 N–H and O–H groups in total. The van der Waals surface area contributed by atoms with Crippen LogP contribution >= 0.6 is 23.1 Å². The number of pyridine rings is 1. The van der Waals surface area contributed by atoms with E-state index in [1.165, 1.54) is 35.2 Å². The molecule has 1 fully saturated rings. The van der Waals surface area contributed by atoms with Crippen LogP contribution in [0.25, 0.3) is 20.4 Å². The van der Waals surface area contributed by atoms with Gasteiger partial charge in [0.1, 0.15) is 15.3 Å². The molecule has 7 heteroatoms. The molecule has 0 radical (unpaired) electrons. The maximum atomic E-state index is 12.3. The average Bonchev–Trinajstić information content (AvgIpc) is 3.01. The number of hydrogen-bond acceptors (Lipinski definition) is 6. The molecule has 26 heavy (non-hydrogen) atoms. The summed E-state index contributed by atoms with van der Waals surface area (Å²) in [5.41, 5.74) is 3.81. The SMILES string of the molecule is CC1(C)CCc2c(N3CCSCC3)nc3sc4c(=O)[nH]cnc4c3c2C1. The number of aromatic nitrogens is 3. The number of rotatable bonds is 1. The van der Waals surface area contributed by atoms with Crippen molar-refractivity contribution in [2.75, 3.05) is 29.5 Å². The molecule has 1 saturated heterocycles. The van der Waals surface area contributed by atoms with Crippen LogP contribution < -0.4 is 10.5 Å². The van der Waals surface area contributed by atoms with E-state index >= 15 is 0 Å². The van der Waals surface area contributed by atoms with Gasteiger partial charge in [-0.2, -0.15) is 11.8 Å². The van der Waals surface area contributed by atoms with Crippen LogP contribution in [0, 0.1) is 5.41 Å². The minimum Gasteiger partial charge on any atom is -0.355 e. The van der Waals surface area contributed by atoms with Crippen LogP contribution in [-0.2, 0) is 12.8 Å². The van der Waals surface area contributed by atoms with Gasteiger partial charge in [0.05, 0.1) is 11.8 Å². The largest absolute Gasteiger partial charge is 0.355 e. The Morgan fingerprint density at radius 1 is 1.23 bits per heavy atom. The Morgan fingerprint density at radius 3 is 2.85 bits per heavy atom. The summed E-state index contributed by atoms with van der Waals surface area (Å²) in [6.45, 7) is 6.80. The predicted molar refractivity (Wildman–Crippen MR) is 111 cm³/mol. The van der Waals surface area contributed by atoms with Crippen molar-refractivity contribution in [1.29, 1.82) is 0 Å². The van der Waals surface area contributed by atoms with Gasteiger partial charge in [0.2, 0.25) is 0 Å². The van der Waals surface area contributed by atoms with E-state index in [1.54, 1.807) is 0 Å². The predicted octanol–water partition coefficient (Wildman–Crippen LogP) is 3.60. The molecule has 4 heterocycles. The van der Waals surface area contributed by atoms with Gasteiger partial charge in [-0.25, -0.2) is 9.97 Å². The Hall–Kier alpha value is -1.60. The summed E-state index contributed by atoms with van der Waals surface area (Å²) in [6.07, 6.45) is 4.79. The zero-order chi connectivity index (χ0) is 17.9. The summed E-state index contributed by atoms with van der Waals surface area (Å²) in [6, 6.07) is 0. The highest BCUT2D eigenvalue weighted by Crippen LogP contribution is 2.44. The van der Waals surface area contributed by atoms with E-state index in [1.807, 2.05) is 11.8 Å². The van der Waals surface area contributed by atoms with Gasteiger partial charge >= 0.3 is 0 Å². The first-order chi connectivity index (χ1) is 12.5. The molecule has 0 unspecified atom stereocenters. The van der Waals surface area contributed by atoms with Gasteiger partial charge in [-0.15, -0.1) is 11.3 Å². The van der Waals surface area contributed by atoms with Crippen molar-refractivity contribution < 1.29 is 0 Å². The minimum absolute atomic E-state index is 0.0576. The van der Waals surface area contributed by atoms with Crippen LogP contribution in [-0.4, -0.2) is 39.5 Å². The van der Waals surface area contributed by atoms with Crippen molar-refractivity contribution in [1.82, 2.24) is 15.0 Å². The highest BCUT2D eigenvalue weighted by Gasteiger charge is 2.32. The fourth-order valence-electron chi connectivity index (χ4n) is 4.23. The molecule has 0 aromatic carbocycles. The fourth-order valence-corrected chi connectivity index (χ4v) is 6.19. The third-order valence-corrected chi connectivity index (χ3v) is 7.64. The maximum Gasteiger partial charge on any atom is 0.268 e. The summed E-state index contributed by atoms with van der Waals surface area (Å²) in [5, 5.41) is 1.12. The molecule has 5 nitrogen and oxygen atoms in total. The Labute approximate surface area is 160 Å². The average molecular weight is 387 g/mol. The van der Waals surface area contributed by atoms with Gasteiger partial charge < -0.3 is 9.88 Å². The lowest BCUT2D eigenvalue weighted by Gasteiger charge is -2.36. The Morgan fingerprint density at radius 2 is 2.04 bits per heavy atom. The number of thiophene rings is 1. The molecule has 0 atom stereocenters. The molecule has 5 rings (SSSR count). The number of anilines is 1. The second-order valence-electron chi connectivity index (χ2n) is 8.02.